The van der Waals surface area contributed by atoms with E-state index < -0.39 is 0 Å². The molecule has 0 radical (unpaired) electrons. The van der Waals surface area contributed by atoms with Gasteiger partial charge < -0.3 is 19.9 Å². The van der Waals surface area contributed by atoms with Crippen LogP contribution in [0.1, 0.15) is 25.6 Å². The van der Waals surface area contributed by atoms with Crippen molar-refractivity contribution in [3.05, 3.63) is 42.4 Å². The van der Waals surface area contributed by atoms with Crippen LogP contribution in [0.4, 0.5) is 0 Å². The molecule has 7 heteroatoms. The van der Waals surface area contributed by atoms with Gasteiger partial charge in [-0.2, -0.15) is 0 Å². The summed E-state index contributed by atoms with van der Waals surface area (Å²) in [5.74, 6) is 1.86. The Balaban J connectivity index is 1.47. The van der Waals surface area contributed by atoms with Gasteiger partial charge in [0.1, 0.15) is 5.82 Å². The van der Waals surface area contributed by atoms with Gasteiger partial charge in [0.05, 0.1) is 31.6 Å². The fraction of sp³-hybridized carbons (Fsp3) is 0.545. The van der Waals surface area contributed by atoms with Crippen molar-refractivity contribution >= 4 is 5.96 Å². The van der Waals surface area contributed by atoms with Crippen molar-refractivity contribution in [2.75, 3.05) is 53.0 Å². The first-order chi connectivity index (χ1) is 14.3. The van der Waals surface area contributed by atoms with Gasteiger partial charge in [-0.3, -0.25) is 9.89 Å². The van der Waals surface area contributed by atoms with Crippen LogP contribution in [0, 0.1) is 0 Å². The molecule has 1 aliphatic heterocycles. The molecule has 3 rings (SSSR count). The van der Waals surface area contributed by atoms with Crippen molar-refractivity contribution in [3.8, 4) is 11.3 Å². The molecule has 1 aromatic heterocycles. The Morgan fingerprint density at radius 1 is 1.24 bits per heavy atom. The first-order valence-electron chi connectivity index (χ1n) is 10.6. The van der Waals surface area contributed by atoms with Crippen LogP contribution in [0.5, 0.6) is 0 Å². The third kappa shape index (κ3) is 6.87. The Bertz CT molecular complexity index is 739. The molecular weight excluding hydrogens is 364 g/mol. The van der Waals surface area contributed by atoms with E-state index in [0.717, 1.165) is 75.4 Å². The molecule has 29 heavy (non-hydrogen) atoms. The highest BCUT2D eigenvalue weighted by molar-refractivity contribution is 5.79. The number of hydrogen-bond acceptors (Lipinski definition) is 4. The number of aromatic nitrogens is 2. The van der Waals surface area contributed by atoms with Crippen molar-refractivity contribution in [3.63, 3.8) is 0 Å². The Kier molecular flexibility index (Phi) is 8.52. The van der Waals surface area contributed by atoms with E-state index >= 15 is 0 Å². The summed E-state index contributed by atoms with van der Waals surface area (Å²) in [6, 6.07) is 10.3. The first kappa shape index (κ1) is 21.3. The number of ether oxygens (including phenoxy) is 1. The van der Waals surface area contributed by atoms with Crippen LogP contribution in [-0.2, 0) is 11.3 Å². The minimum absolute atomic E-state index is 0.687. The highest BCUT2D eigenvalue weighted by Gasteiger charge is 2.11. The zero-order chi connectivity index (χ0) is 20.3. The Hall–Kier alpha value is -2.38. The van der Waals surface area contributed by atoms with Crippen molar-refractivity contribution < 1.29 is 4.74 Å². The molecule has 0 saturated carbocycles. The highest BCUT2D eigenvalue weighted by Crippen LogP contribution is 2.16. The number of nitrogens with zero attached hydrogens (tertiary/aromatic N) is 4. The summed E-state index contributed by atoms with van der Waals surface area (Å²) in [6.07, 6.45) is 4.17. The number of unbranched alkanes of at least 4 members (excludes halogenated alkanes) is 1. The predicted octanol–water partition coefficient (Wildman–Crippen LogP) is 2.59. The molecular formula is C22H34N6O. The molecule has 0 bridgehead atoms. The molecule has 0 atom stereocenters. The third-order valence-electron chi connectivity index (χ3n) is 5.04. The minimum Gasteiger partial charge on any atom is -0.379 e. The van der Waals surface area contributed by atoms with Gasteiger partial charge >= 0.3 is 0 Å². The lowest BCUT2D eigenvalue weighted by Gasteiger charge is -2.26. The Morgan fingerprint density at radius 3 is 2.79 bits per heavy atom. The normalized spacial score (nSPS) is 15.4. The molecule has 158 valence electrons. The largest absolute Gasteiger partial charge is 0.379 e. The monoisotopic (exact) mass is 398 g/mol. The molecule has 1 fully saturated rings. The summed E-state index contributed by atoms with van der Waals surface area (Å²) >= 11 is 0. The topological polar surface area (TPSA) is 68.8 Å². The van der Waals surface area contributed by atoms with Crippen molar-refractivity contribution in [2.24, 2.45) is 4.99 Å². The van der Waals surface area contributed by atoms with E-state index in [9.17, 15) is 0 Å². The molecule has 2 N–H and O–H groups in total. The lowest BCUT2D eigenvalue weighted by molar-refractivity contribution is 0.0373. The van der Waals surface area contributed by atoms with E-state index in [1.807, 2.05) is 24.4 Å². The molecule has 0 amide bonds. The van der Waals surface area contributed by atoms with Gasteiger partial charge in [0, 0.05) is 33.2 Å². The summed E-state index contributed by atoms with van der Waals surface area (Å²) in [5.41, 5.74) is 2.19. The van der Waals surface area contributed by atoms with E-state index in [1.54, 1.807) is 0 Å². The second kappa shape index (κ2) is 11.6. The molecule has 0 aliphatic carbocycles. The fourth-order valence-corrected chi connectivity index (χ4v) is 3.43. The molecule has 7 nitrogen and oxygen atoms in total. The van der Waals surface area contributed by atoms with Gasteiger partial charge in [0.15, 0.2) is 5.96 Å². The van der Waals surface area contributed by atoms with Crippen LogP contribution in [0.15, 0.2) is 41.5 Å². The molecule has 0 unspecified atom stereocenters. The summed E-state index contributed by atoms with van der Waals surface area (Å²) in [5, 5.41) is 3.39. The number of benzene rings is 1. The average Bonchev–Trinajstić information content (AvgIpc) is 3.22. The van der Waals surface area contributed by atoms with Crippen LogP contribution in [0.2, 0.25) is 0 Å². The zero-order valence-corrected chi connectivity index (χ0v) is 17.7. The molecule has 1 aliphatic rings. The van der Waals surface area contributed by atoms with Crippen molar-refractivity contribution in [2.45, 2.75) is 26.3 Å². The highest BCUT2D eigenvalue weighted by atomic mass is 16.5. The molecule has 1 aromatic carbocycles. The number of aromatic amines is 1. The smallest absolute Gasteiger partial charge is 0.194 e. The minimum atomic E-state index is 0.687. The van der Waals surface area contributed by atoms with Gasteiger partial charge in [0.25, 0.3) is 0 Å². The first-order valence-corrected chi connectivity index (χ1v) is 10.6. The molecule has 1 saturated heterocycles. The number of rotatable bonds is 9. The third-order valence-corrected chi connectivity index (χ3v) is 5.04. The SMILES string of the molecule is CCNC(=NCCCCN1CCOCC1)N(C)Cc1ncc(-c2ccccc2)[nH]1. The Labute approximate surface area is 174 Å². The van der Waals surface area contributed by atoms with Crippen LogP contribution in [-0.4, -0.2) is 78.7 Å². The molecule has 2 heterocycles. The number of aliphatic imine (C=N–C) groups is 1. The number of imidazole rings is 1. The number of H-pyrrole nitrogens is 1. The maximum Gasteiger partial charge on any atom is 0.194 e. The summed E-state index contributed by atoms with van der Waals surface area (Å²) < 4.78 is 5.40. The Morgan fingerprint density at radius 2 is 2.03 bits per heavy atom. The second-order valence-corrected chi connectivity index (χ2v) is 7.36. The standard InChI is InChI=1S/C22H34N6O/c1-3-23-22(24-11-7-8-12-28-13-15-29-16-14-28)27(2)18-21-25-17-20(26-21)19-9-5-4-6-10-19/h4-6,9-10,17H,3,7-8,11-16,18H2,1-2H3,(H,23,24)(H,25,26). The van der Waals surface area contributed by atoms with Crippen LogP contribution in [0.25, 0.3) is 11.3 Å². The lowest BCUT2D eigenvalue weighted by atomic mass is 10.2. The number of guanidine groups is 1. The van der Waals surface area contributed by atoms with E-state index in [-0.39, 0.29) is 0 Å². The summed E-state index contributed by atoms with van der Waals surface area (Å²) in [7, 11) is 2.06. The molecule has 2 aromatic rings. The zero-order valence-electron chi connectivity index (χ0n) is 17.7. The van der Waals surface area contributed by atoms with Gasteiger partial charge in [-0.1, -0.05) is 30.3 Å². The van der Waals surface area contributed by atoms with Crippen LogP contribution >= 0.6 is 0 Å². The second-order valence-electron chi connectivity index (χ2n) is 7.36. The van der Waals surface area contributed by atoms with E-state index in [2.05, 4.69) is 51.2 Å². The van der Waals surface area contributed by atoms with E-state index in [1.165, 1.54) is 6.42 Å². The van der Waals surface area contributed by atoms with Gasteiger partial charge in [-0.25, -0.2) is 4.98 Å². The number of morpholine rings is 1. The quantitative estimate of drug-likeness (QED) is 0.386. The van der Waals surface area contributed by atoms with Crippen LogP contribution in [0.3, 0.4) is 0 Å². The average molecular weight is 399 g/mol. The van der Waals surface area contributed by atoms with Gasteiger partial charge in [0.2, 0.25) is 0 Å². The maximum atomic E-state index is 5.40. The summed E-state index contributed by atoms with van der Waals surface area (Å²) in [6.45, 7) is 9.47. The van der Waals surface area contributed by atoms with Gasteiger partial charge in [-0.15, -0.1) is 0 Å². The van der Waals surface area contributed by atoms with Gasteiger partial charge in [-0.05, 0) is 31.9 Å². The van der Waals surface area contributed by atoms with Crippen molar-refractivity contribution in [1.29, 1.82) is 0 Å². The van der Waals surface area contributed by atoms with Crippen molar-refractivity contribution in [1.82, 2.24) is 25.1 Å². The lowest BCUT2D eigenvalue weighted by Crippen LogP contribution is -2.39. The summed E-state index contributed by atoms with van der Waals surface area (Å²) in [4.78, 5) is 17.4. The number of hydrogen-bond donors (Lipinski definition) is 2. The molecule has 0 spiro atoms. The number of nitrogens with one attached hydrogen (secondary N) is 2. The van der Waals surface area contributed by atoms with Crippen LogP contribution < -0.4 is 5.32 Å². The fourth-order valence-electron chi connectivity index (χ4n) is 3.43. The maximum absolute atomic E-state index is 5.40. The van der Waals surface area contributed by atoms with E-state index in [4.69, 9.17) is 9.73 Å². The predicted molar refractivity (Wildman–Crippen MR) is 118 cm³/mol. The van der Waals surface area contributed by atoms with E-state index in [0.29, 0.717) is 6.54 Å².